The van der Waals surface area contributed by atoms with Gasteiger partial charge in [-0.05, 0) is 41.3 Å². The SMILES string of the molecule is CC(C)(C)Cc1cc(-c2[c-]cccc2)nc[c]1[Ge]([CH3])([CH3])[CH3].CC(C)(C)c1ccc(-n2c(-c3[c-]ccc4c3oc3ccccc34)nc3ccccc32)cc1.[Ir]. The van der Waals surface area contributed by atoms with Crippen molar-refractivity contribution in [1.29, 1.82) is 0 Å². The maximum Gasteiger partial charge on any atom is 0.120 e. The van der Waals surface area contributed by atoms with Crippen LogP contribution in [0.4, 0.5) is 0 Å². The van der Waals surface area contributed by atoms with Crippen LogP contribution in [0.5, 0.6) is 0 Å². The molecule has 0 saturated heterocycles. The zero-order valence-electron chi connectivity index (χ0n) is 32.8. The number of imidazole rings is 1. The van der Waals surface area contributed by atoms with Gasteiger partial charge in [-0.1, -0.05) is 74.2 Å². The van der Waals surface area contributed by atoms with E-state index in [0.717, 1.165) is 67.7 Å². The Balaban J connectivity index is 0.000000198. The number of rotatable bonds is 5. The van der Waals surface area contributed by atoms with Crippen molar-refractivity contribution in [2.24, 2.45) is 5.41 Å². The second kappa shape index (κ2) is 15.5. The van der Waals surface area contributed by atoms with Crippen LogP contribution < -0.4 is 4.40 Å². The fraction of sp³-hybridized carbons (Fsp3) is 0.250. The maximum atomic E-state index is 6.30. The van der Waals surface area contributed by atoms with Gasteiger partial charge in [0.1, 0.15) is 5.58 Å². The summed E-state index contributed by atoms with van der Waals surface area (Å²) in [6.07, 6.45) is 3.24. The van der Waals surface area contributed by atoms with Crippen LogP contribution in [-0.2, 0) is 31.9 Å². The smallest absolute Gasteiger partial charge is 0.120 e. The molecule has 0 bridgehead atoms. The number of nitrogens with zero attached hydrogens (tertiary/aromatic N) is 3. The predicted octanol–water partition coefficient (Wildman–Crippen LogP) is 12.4. The molecule has 0 aliphatic heterocycles. The van der Waals surface area contributed by atoms with E-state index in [1.54, 1.807) is 0 Å². The van der Waals surface area contributed by atoms with Crippen molar-refractivity contribution >= 4 is 50.6 Å². The summed E-state index contributed by atoms with van der Waals surface area (Å²) in [6, 6.07) is 46.3. The first kappa shape index (κ1) is 39.4. The predicted molar refractivity (Wildman–Crippen MR) is 226 cm³/mol. The Labute approximate surface area is 336 Å². The van der Waals surface area contributed by atoms with E-state index in [1.165, 1.54) is 15.5 Å². The monoisotopic (exact) mass is 950 g/mol. The summed E-state index contributed by atoms with van der Waals surface area (Å²) in [5.74, 6) is 8.16. The fourth-order valence-corrected chi connectivity index (χ4v) is 10.3. The molecule has 0 saturated carbocycles. The topological polar surface area (TPSA) is 43.9 Å². The summed E-state index contributed by atoms with van der Waals surface area (Å²) in [6.45, 7) is 13.6. The van der Waals surface area contributed by atoms with Crippen molar-refractivity contribution in [3.63, 3.8) is 0 Å². The van der Waals surface area contributed by atoms with E-state index >= 15 is 0 Å². The number of hydrogen-bond donors (Lipinski definition) is 0. The maximum absolute atomic E-state index is 6.30. The second-order valence-electron chi connectivity index (χ2n) is 17.2. The van der Waals surface area contributed by atoms with Crippen LogP contribution in [0.2, 0.25) is 17.3 Å². The number of aromatic nitrogens is 3. The van der Waals surface area contributed by atoms with Crippen molar-refractivity contribution in [2.75, 3.05) is 0 Å². The van der Waals surface area contributed by atoms with Gasteiger partial charge in [0.2, 0.25) is 0 Å². The molecule has 1 radical (unpaired) electrons. The van der Waals surface area contributed by atoms with Gasteiger partial charge >= 0.3 is 132 Å². The third kappa shape index (κ3) is 8.34. The van der Waals surface area contributed by atoms with Gasteiger partial charge in [0.05, 0.1) is 22.4 Å². The Hall–Kier alpha value is -4.29. The Bertz CT molecular complexity index is 2530. The van der Waals surface area contributed by atoms with Gasteiger partial charge in [-0.25, -0.2) is 0 Å². The summed E-state index contributed by atoms with van der Waals surface area (Å²) in [5.41, 5.74) is 11.0. The van der Waals surface area contributed by atoms with E-state index in [4.69, 9.17) is 14.4 Å². The van der Waals surface area contributed by atoms with Crippen molar-refractivity contribution < 1.29 is 24.5 Å². The Morgan fingerprint density at radius 1 is 0.741 bits per heavy atom. The third-order valence-electron chi connectivity index (χ3n) is 9.62. The first-order chi connectivity index (χ1) is 25.2. The molecule has 277 valence electrons. The number of fused-ring (bicyclic) bond motifs is 4. The van der Waals surface area contributed by atoms with E-state index in [9.17, 15) is 0 Å². The van der Waals surface area contributed by atoms with E-state index in [0.29, 0.717) is 5.41 Å². The fourth-order valence-electron chi connectivity index (χ4n) is 7.01. The molecule has 0 aliphatic rings. The van der Waals surface area contributed by atoms with Crippen LogP contribution in [-0.4, -0.2) is 27.8 Å². The van der Waals surface area contributed by atoms with E-state index in [1.807, 2.05) is 48.5 Å². The number of benzene rings is 5. The first-order valence-electron chi connectivity index (χ1n) is 18.5. The molecule has 4 nitrogen and oxygen atoms in total. The van der Waals surface area contributed by atoms with Crippen LogP contribution >= 0.6 is 0 Å². The molecule has 0 unspecified atom stereocenters. The molecule has 8 aromatic rings. The zero-order chi connectivity index (χ0) is 37.5. The van der Waals surface area contributed by atoms with E-state index < -0.39 is 13.3 Å². The number of para-hydroxylation sites is 3. The molecular formula is C48H49GeIrN3O-2. The molecule has 3 heterocycles. The quantitative estimate of drug-likeness (QED) is 0.128. The standard InChI is InChI=1S/C29H23N2O.C19H26GeN.Ir/c1-29(2,3)19-15-17-20(18-16-19)31-25-13-6-5-12-24(25)30-28(31)23-11-8-10-22-21-9-4-7-14-26(21)32-27(22)23;1-19(2,3)13-16-12-18(15-10-8-7-9-11-15)21-14-17(16)20(4,5)6;/h4-10,12-18H,1-3H3;7-10,12,14H,13H2,1-6H3;/q2*-1;. The number of pyridine rings is 1. The average molecular weight is 949 g/mol. The first-order valence-corrected chi connectivity index (χ1v) is 25.9. The summed E-state index contributed by atoms with van der Waals surface area (Å²) >= 11 is -1.90. The molecule has 6 heteroatoms. The summed E-state index contributed by atoms with van der Waals surface area (Å²) in [5, 5.41) is 2.19. The van der Waals surface area contributed by atoms with Crippen LogP contribution in [0.15, 0.2) is 126 Å². The number of furan rings is 1. The molecular weight excluding hydrogens is 899 g/mol. The van der Waals surface area contributed by atoms with Gasteiger partial charge in [0.25, 0.3) is 0 Å². The molecule has 5 aromatic carbocycles. The largest absolute Gasteiger partial charge is 0.501 e. The summed E-state index contributed by atoms with van der Waals surface area (Å²) in [7, 11) is 0. The van der Waals surface area contributed by atoms with Crippen LogP contribution in [0, 0.1) is 17.5 Å². The summed E-state index contributed by atoms with van der Waals surface area (Å²) in [4.78, 5) is 9.74. The van der Waals surface area contributed by atoms with Gasteiger partial charge in [0.15, 0.2) is 0 Å². The van der Waals surface area contributed by atoms with E-state index in [-0.39, 0.29) is 25.5 Å². The minimum atomic E-state index is -1.90. The van der Waals surface area contributed by atoms with Gasteiger partial charge in [-0.3, -0.25) is 4.98 Å². The molecule has 8 rings (SSSR count). The molecule has 0 atom stereocenters. The van der Waals surface area contributed by atoms with Gasteiger partial charge in [-0.15, -0.1) is 18.2 Å². The number of hydrogen-bond acceptors (Lipinski definition) is 3. The molecule has 3 aromatic heterocycles. The minimum Gasteiger partial charge on any atom is -0.501 e. The normalized spacial score (nSPS) is 12.1. The van der Waals surface area contributed by atoms with Crippen molar-refractivity contribution in [3.05, 3.63) is 145 Å². The zero-order valence-corrected chi connectivity index (χ0v) is 37.3. The van der Waals surface area contributed by atoms with E-state index in [2.05, 4.69) is 148 Å². The minimum absolute atomic E-state index is 0. The molecule has 0 amide bonds. The van der Waals surface area contributed by atoms with Crippen LogP contribution in [0.3, 0.4) is 0 Å². The summed E-state index contributed by atoms with van der Waals surface area (Å²) < 4.78 is 10.0. The van der Waals surface area contributed by atoms with Crippen LogP contribution in [0.1, 0.15) is 52.7 Å². The van der Waals surface area contributed by atoms with Crippen molar-refractivity contribution in [1.82, 2.24) is 14.5 Å². The average Bonchev–Trinajstić information content (AvgIpc) is 3.70. The molecule has 0 N–H and O–H groups in total. The Kier molecular flexibility index (Phi) is 11.3. The molecule has 0 spiro atoms. The molecule has 0 aliphatic carbocycles. The van der Waals surface area contributed by atoms with Crippen molar-refractivity contribution in [2.45, 2.75) is 70.6 Å². The Morgan fingerprint density at radius 3 is 2.13 bits per heavy atom. The van der Waals surface area contributed by atoms with Gasteiger partial charge < -0.3 is 8.98 Å². The molecule has 54 heavy (non-hydrogen) atoms. The second-order valence-corrected chi connectivity index (χ2v) is 27.8. The van der Waals surface area contributed by atoms with Crippen LogP contribution in [0.25, 0.3) is 61.3 Å². The molecule has 0 fully saturated rings. The Morgan fingerprint density at radius 2 is 1.44 bits per heavy atom. The van der Waals surface area contributed by atoms with Crippen molar-refractivity contribution in [3.8, 4) is 28.3 Å². The van der Waals surface area contributed by atoms with Gasteiger partial charge in [-0.2, -0.15) is 0 Å². The van der Waals surface area contributed by atoms with Gasteiger partial charge in [0, 0.05) is 31.2 Å². The third-order valence-corrected chi connectivity index (χ3v) is 14.0.